The Hall–Kier alpha value is -3.60. The van der Waals surface area contributed by atoms with Crippen LogP contribution in [0.5, 0.6) is 0 Å². The summed E-state index contributed by atoms with van der Waals surface area (Å²) in [6.07, 6.45) is -5.67. The van der Waals surface area contributed by atoms with Gasteiger partial charge in [0.25, 0.3) is 0 Å². The minimum absolute atomic E-state index is 0.123. The van der Waals surface area contributed by atoms with Crippen LogP contribution >= 0.6 is 0 Å². The summed E-state index contributed by atoms with van der Waals surface area (Å²) in [6, 6.07) is 11.8. The molecule has 34 heavy (non-hydrogen) atoms. The van der Waals surface area contributed by atoms with Crippen molar-refractivity contribution in [3.05, 3.63) is 59.7 Å². The van der Waals surface area contributed by atoms with Crippen molar-refractivity contribution in [2.75, 3.05) is 10.6 Å². The Kier molecular flexibility index (Phi) is 6.47. The maximum atomic E-state index is 13.0. The van der Waals surface area contributed by atoms with Crippen molar-refractivity contribution in [2.45, 2.75) is 38.4 Å². The highest BCUT2D eigenvalue weighted by molar-refractivity contribution is 6.00. The van der Waals surface area contributed by atoms with Crippen LogP contribution in [0.25, 0.3) is 0 Å². The lowest BCUT2D eigenvalue weighted by Crippen LogP contribution is -2.72. The van der Waals surface area contributed by atoms with Crippen LogP contribution in [0.15, 0.2) is 48.5 Å². The van der Waals surface area contributed by atoms with E-state index >= 15 is 0 Å². The van der Waals surface area contributed by atoms with E-state index in [1.807, 2.05) is 19.1 Å². The van der Waals surface area contributed by atoms with Crippen LogP contribution in [-0.4, -0.2) is 30.2 Å². The first-order chi connectivity index (χ1) is 16.1. The molecule has 0 spiro atoms. The highest BCUT2D eigenvalue weighted by Crippen LogP contribution is 2.31. The Morgan fingerprint density at radius 1 is 1.06 bits per heavy atom. The number of anilines is 2. The van der Waals surface area contributed by atoms with Gasteiger partial charge in [-0.3, -0.25) is 19.7 Å². The lowest BCUT2D eigenvalue weighted by molar-refractivity contribution is -0.144. The van der Waals surface area contributed by atoms with Crippen LogP contribution in [0.2, 0.25) is 0 Å². The van der Waals surface area contributed by atoms with Crippen molar-refractivity contribution < 1.29 is 27.6 Å². The number of nitrogens with one attached hydrogen (secondary N) is 5. The molecule has 11 heteroatoms. The summed E-state index contributed by atoms with van der Waals surface area (Å²) in [4.78, 5) is 38.1. The molecule has 2 saturated heterocycles. The van der Waals surface area contributed by atoms with E-state index in [0.29, 0.717) is 5.69 Å². The van der Waals surface area contributed by atoms with Gasteiger partial charge >= 0.3 is 6.18 Å². The second kappa shape index (κ2) is 9.34. The first-order valence-corrected chi connectivity index (χ1v) is 10.8. The van der Waals surface area contributed by atoms with Crippen LogP contribution in [0.4, 0.5) is 24.5 Å². The van der Waals surface area contributed by atoms with Gasteiger partial charge in [0.05, 0.1) is 23.6 Å². The van der Waals surface area contributed by atoms with Crippen LogP contribution in [0.3, 0.4) is 0 Å². The van der Waals surface area contributed by atoms with Gasteiger partial charge in [0.2, 0.25) is 17.7 Å². The third-order valence-electron chi connectivity index (χ3n) is 5.92. The first kappa shape index (κ1) is 23.6. The molecule has 2 aromatic rings. The highest BCUT2D eigenvalue weighted by atomic mass is 19.4. The molecule has 0 aliphatic carbocycles. The van der Waals surface area contributed by atoms with Gasteiger partial charge in [0.1, 0.15) is 0 Å². The molecule has 3 amide bonds. The summed E-state index contributed by atoms with van der Waals surface area (Å²) in [7, 11) is 0. The summed E-state index contributed by atoms with van der Waals surface area (Å²) in [5, 5.41) is 13.8. The van der Waals surface area contributed by atoms with Gasteiger partial charge < -0.3 is 21.3 Å². The van der Waals surface area contributed by atoms with E-state index in [1.54, 1.807) is 12.1 Å². The van der Waals surface area contributed by atoms with E-state index in [1.165, 1.54) is 12.1 Å². The van der Waals surface area contributed by atoms with Crippen molar-refractivity contribution in [3.8, 4) is 0 Å². The number of halogens is 3. The maximum Gasteiger partial charge on any atom is 0.416 e. The fraction of sp³-hybridized carbons (Fsp3) is 0.348. The van der Waals surface area contributed by atoms with Crippen molar-refractivity contribution >= 4 is 29.1 Å². The molecule has 0 bridgehead atoms. The molecule has 0 radical (unpaired) electrons. The van der Waals surface area contributed by atoms with E-state index in [-0.39, 0.29) is 12.1 Å². The van der Waals surface area contributed by atoms with Crippen molar-refractivity contribution in [3.63, 3.8) is 0 Å². The average molecular weight is 475 g/mol. The van der Waals surface area contributed by atoms with Crippen molar-refractivity contribution in [2.24, 2.45) is 11.8 Å². The number of aryl methyl sites for hydroxylation is 1. The standard InChI is InChI=1S/C23H24F3N5O3/c1-2-12-6-8-14(9-7-12)27-20(33)16-11-17(32)29-19-18(16)21(34)31-22(30-19)28-15-5-3-4-13(10-15)23(24,25)26/h3-10,16,18-19,22,28,30H,2,11H2,1H3,(H,27,33)(H,29,32)(H,31,34). The molecule has 8 nitrogen and oxygen atoms in total. The molecule has 5 N–H and O–H groups in total. The van der Waals surface area contributed by atoms with Gasteiger partial charge in [-0.2, -0.15) is 13.2 Å². The van der Waals surface area contributed by atoms with Gasteiger partial charge in [0, 0.05) is 17.8 Å². The largest absolute Gasteiger partial charge is 0.416 e. The zero-order chi connectivity index (χ0) is 24.5. The number of fused-ring (bicyclic) bond motifs is 1. The number of rotatable bonds is 5. The van der Waals surface area contributed by atoms with Crippen LogP contribution in [0.1, 0.15) is 24.5 Å². The van der Waals surface area contributed by atoms with E-state index in [2.05, 4.69) is 26.6 Å². The third-order valence-corrected chi connectivity index (χ3v) is 5.92. The molecule has 2 aromatic carbocycles. The lowest BCUT2D eigenvalue weighted by atomic mass is 9.81. The fourth-order valence-corrected chi connectivity index (χ4v) is 4.16. The number of amides is 3. The summed E-state index contributed by atoms with van der Waals surface area (Å²) in [5.41, 5.74) is 0.938. The van der Waals surface area contributed by atoms with Gasteiger partial charge in [-0.05, 0) is 42.3 Å². The monoisotopic (exact) mass is 475 g/mol. The second-order valence-corrected chi connectivity index (χ2v) is 8.25. The van der Waals surface area contributed by atoms with E-state index in [4.69, 9.17) is 0 Å². The molecule has 180 valence electrons. The van der Waals surface area contributed by atoms with Crippen molar-refractivity contribution in [1.82, 2.24) is 16.0 Å². The fourth-order valence-electron chi connectivity index (χ4n) is 4.16. The van der Waals surface area contributed by atoms with Gasteiger partial charge in [-0.25, -0.2) is 0 Å². The van der Waals surface area contributed by atoms with Gasteiger partial charge in [-0.15, -0.1) is 0 Å². The number of alkyl halides is 3. The smallest absolute Gasteiger partial charge is 0.353 e. The Bertz CT molecular complexity index is 1090. The Balaban J connectivity index is 1.46. The zero-order valence-electron chi connectivity index (χ0n) is 18.2. The van der Waals surface area contributed by atoms with Crippen LogP contribution in [0, 0.1) is 11.8 Å². The third kappa shape index (κ3) is 5.14. The normalized spacial score (nSPS) is 24.5. The van der Waals surface area contributed by atoms with E-state index < -0.39 is 53.8 Å². The number of hydrogen-bond acceptors (Lipinski definition) is 5. The molecular weight excluding hydrogens is 451 g/mol. The minimum atomic E-state index is -4.51. The number of hydrogen-bond donors (Lipinski definition) is 5. The predicted molar refractivity (Wildman–Crippen MR) is 118 cm³/mol. The SMILES string of the molecule is CCc1ccc(NC(=O)C2CC(=O)NC3NC(Nc4cccc(C(F)(F)F)c4)NC(=O)C32)cc1. The van der Waals surface area contributed by atoms with Crippen LogP contribution < -0.4 is 26.6 Å². The average Bonchev–Trinajstić information content (AvgIpc) is 2.78. The van der Waals surface area contributed by atoms with E-state index in [9.17, 15) is 27.6 Å². The Morgan fingerprint density at radius 2 is 1.79 bits per heavy atom. The first-order valence-electron chi connectivity index (χ1n) is 10.8. The highest BCUT2D eigenvalue weighted by Gasteiger charge is 2.48. The summed E-state index contributed by atoms with van der Waals surface area (Å²) in [5.74, 6) is -3.20. The van der Waals surface area contributed by atoms with Crippen molar-refractivity contribution in [1.29, 1.82) is 0 Å². The number of piperidine rings is 1. The number of carbonyl (C=O) groups excluding carboxylic acids is 3. The Morgan fingerprint density at radius 3 is 2.47 bits per heavy atom. The van der Waals surface area contributed by atoms with Crippen LogP contribution in [-0.2, 0) is 27.0 Å². The molecule has 2 heterocycles. The molecule has 2 aliphatic rings. The minimum Gasteiger partial charge on any atom is -0.353 e. The zero-order valence-corrected chi connectivity index (χ0v) is 18.2. The molecule has 4 atom stereocenters. The molecule has 2 fully saturated rings. The van der Waals surface area contributed by atoms with E-state index in [0.717, 1.165) is 24.1 Å². The number of benzene rings is 2. The lowest BCUT2D eigenvalue weighted by Gasteiger charge is -2.43. The summed E-state index contributed by atoms with van der Waals surface area (Å²) < 4.78 is 39.0. The topological polar surface area (TPSA) is 111 Å². The predicted octanol–water partition coefficient (Wildman–Crippen LogP) is 2.40. The Labute approximate surface area is 193 Å². The molecule has 4 unspecified atom stereocenters. The second-order valence-electron chi connectivity index (χ2n) is 8.25. The molecular formula is C23H24F3N5O3. The summed E-state index contributed by atoms with van der Waals surface area (Å²) >= 11 is 0. The maximum absolute atomic E-state index is 13.0. The molecule has 0 aromatic heterocycles. The molecule has 4 rings (SSSR count). The quantitative estimate of drug-likeness (QED) is 0.456. The molecule has 2 aliphatic heterocycles. The van der Waals surface area contributed by atoms with Gasteiger partial charge in [-0.1, -0.05) is 25.1 Å². The molecule has 0 saturated carbocycles. The van der Waals surface area contributed by atoms with Gasteiger partial charge in [0.15, 0.2) is 6.29 Å². The number of carbonyl (C=O) groups is 3. The summed E-state index contributed by atoms with van der Waals surface area (Å²) in [6.45, 7) is 2.01.